The maximum Gasteiger partial charge on any atom is 0.185 e. The summed E-state index contributed by atoms with van der Waals surface area (Å²) in [5.41, 5.74) is 0.233. The van der Waals surface area contributed by atoms with E-state index in [1.807, 2.05) is 11.8 Å². The summed E-state index contributed by atoms with van der Waals surface area (Å²) in [5.74, 6) is 2.20. The number of aromatic nitrogens is 1. The number of pyridine rings is 1. The molecule has 2 fully saturated rings. The number of halogens is 2. The second-order valence-corrected chi connectivity index (χ2v) is 7.75. The lowest BCUT2D eigenvalue weighted by Crippen LogP contribution is -2.44. The molecule has 1 unspecified atom stereocenters. The molecule has 0 aliphatic carbocycles. The van der Waals surface area contributed by atoms with Gasteiger partial charge in [0.1, 0.15) is 5.69 Å². The zero-order valence-corrected chi connectivity index (χ0v) is 13.9. The number of Topliss-reactive ketones (excluding diaryl/α,β-unsaturated/α-hetero) is 1. The monoisotopic (exact) mass is 345 g/mol. The van der Waals surface area contributed by atoms with Crippen LogP contribution in [0.2, 0.25) is 10.0 Å². The highest BCUT2D eigenvalue weighted by atomic mass is 35.5. The Morgan fingerprint density at radius 1 is 1.38 bits per heavy atom. The molecular formula is C15H17Cl2NO2S. The summed E-state index contributed by atoms with van der Waals surface area (Å²) < 4.78 is 6.03. The van der Waals surface area contributed by atoms with Crippen LogP contribution in [0.15, 0.2) is 12.3 Å². The first-order valence-electron chi connectivity index (χ1n) is 7.17. The van der Waals surface area contributed by atoms with Crippen molar-refractivity contribution in [3.63, 3.8) is 0 Å². The number of thioether (sulfide) groups is 1. The van der Waals surface area contributed by atoms with Gasteiger partial charge in [-0.25, -0.2) is 4.98 Å². The molecule has 0 amide bonds. The van der Waals surface area contributed by atoms with E-state index < -0.39 is 0 Å². The van der Waals surface area contributed by atoms with Crippen LogP contribution < -0.4 is 0 Å². The zero-order chi connectivity index (χ0) is 14.9. The Kier molecular flexibility index (Phi) is 4.79. The van der Waals surface area contributed by atoms with Crippen LogP contribution in [0.1, 0.15) is 36.2 Å². The largest absolute Gasteiger partial charge is 0.375 e. The van der Waals surface area contributed by atoms with Crippen LogP contribution in [0.4, 0.5) is 0 Å². The van der Waals surface area contributed by atoms with Crippen molar-refractivity contribution in [2.75, 3.05) is 18.1 Å². The van der Waals surface area contributed by atoms with Gasteiger partial charge in [0.2, 0.25) is 0 Å². The van der Waals surface area contributed by atoms with Crippen LogP contribution in [-0.4, -0.2) is 34.5 Å². The summed E-state index contributed by atoms with van der Waals surface area (Å²) >= 11 is 13.9. The number of carbonyl (C=O) groups excluding carboxylic acids is 1. The SMILES string of the molecule is O=C(c1ncc(Cl)cc1Cl)C1CCOC2(CCSCC2)C1. The van der Waals surface area contributed by atoms with Gasteiger partial charge < -0.3 is 4.74 Å². The zero-order valence-electron chi connectivity index (χ0n) is 11.6. The standard InChI is InChI=1S/C15H17Cl2NO2S/c16-11-7-12(17)13(18-9-11)14(19)10-1-4-20-15(8-10)2-5-21-6-3-15/h7,9-10H,1-6,8H2. The molecule has 114 valence electrons. The number of carbonyl (C=O) groups is 1. The quantitative estimate of drug-likeness (QED) is 0.750. The Morgan fingerprint density at radius 2 is 2.14 bits per heavy atom. The molecule has 2 aliphatic heterocycles. The van der Waals surface area contributed by atoms with Gasteiger partial charge in [-0.15, -0.1) is 0 Å². The maximum absolute atomic E-state index is 12.7. The van der Waals surface area contributed by atoms with E-state index in [2.05, 4.69) is 4.98 Å². The van der Waals surface area contributed by atoms with Gasteiger partial charge >= 0.3 is 0 Å². The van der Waals surface area contributed by atoms with Crippen molar-refractivity contribution in [1.82, 2.24) is 4.98 Å². The first kappa shape index (κ1) is 15.6. The van der Waals surface area contributed by atoms with E-state index in [9.17, 15) is 4.79 Å². The average Bonchev–Trinajstić information content (AvgIpc) is 2.47. The molecule has 1 atom stereocenters. The molecule has 0 aromatic carbocycles. The topological polar surface area (TPSA) is 39.2 Å². The lowest BCUT2D eigenvalue weighted by molar-refractivity contribution is -0.0960. The van der Waals surface area contributed by atoms with Crippen molar-refractivity contribution in [2.45, 2.75) is 31.3 Å². The van der Waals surface area contributed by atoms with Crippen LogP contribution in [0.3, 0.4) is 0 Å². The summed E-state index contributed by atoms with van der Waals surface area (Å²) in [7, 11) is 0. The molecule has 1 spiro atoms. The third-order valence-electron chi connectivity index (χ3n) is 4.31. The lowest BCUT2D eigenvalue weighted by Gasteiger charge is -2.42. The molecule has 3 heterocycles. The average molecular weight is 346 g/mol. The Hall–Kier alpha value is -0.290. The van der Waals surface area contributed by atoms with E-state index in [1.165, 1.54) is 6.20 Å². The molecule has 1 aromatic rings. The molecule has 0 radical (unpaired) electrons. The summed E-state index contributed by atoms with van der Waals surface area (Å²) in [6, 6.07) is 1.58. The highest BCUT2D eigenvalue weighted by Gasteiger charge is 2.41. The van der Waals surface area contributed by atoms with Gasteiger partial charge in [-0.1, -0.05) is 23.2 Å². The summed E-state index contributed by atoms with van der Waals surface area (Å²) in [6.45, 7) is 0.645. The van der Waals surface area contributed by atoms with Gasteiger partial charge in [0, 0.05) is 18.7 Å². The second-order valence-electron chi connectivity index (χ2n) is 5.68. The van der Waals surface area contributed by atoms with Crippen LogP contribution in [0.5, 0.6) is 0 Å². The summed E-state index contributed by atoms with van der Waals surface area (Å²) in [5, 5.41) is 0.788. The van der Waals surface area contributed by atoms with Crippen LogP contribution in [0, 0.1) is 5.92 Å². The highest BCUT2D eigenvalue weighted by Crippen LogP contribution is 2.41. The Morgan fingerprint density at radius 3 is 2.86 bits per heavy atom. The number of ether oxygens (including phenoxy) is 1. The summed E-state index contributed by atoms with van der Waals surface area (Å²) in [4.78, 5) is 16.8. The van der Waals surface area contributed by atoms with Gasteiger partial charge in [0.15, 0.2) is 5.78 Å². The number of rotatable bonds is 2. The third-order valence-corrected chi connectivity index (χ3v) is 5.79. The minimum Gasteiger partial charge on any atom is -0.375 e. The van der Waals surface area contributed by atoms with E-state index in [-0.39, 0.29) is 17.3 Å². The molecule has 0 N–H and O–H groups in total. The van der Waals surface area contributed by atoms with E-state index >= 15 is 0 Å². The number of nitrogens with zero attached hydrogens (tertiary/aromatic N) is 1. The molecule has 0 saturated carbocycles. The predicted octanol–water partition coefficient (Wildman–Crippen LogP) is 4.26. The molecule has 0 bridgehead atoms. The lowest BCUT2D eigenvalue weighted by atomic mass is 9.79. The van der Waals surface area contributed by atoms with Gasteiger partial charge in [0.25, 0.3) is 0 Å². The smallest absolute Gasteiger partial charge is 0.185 e. The molecule has 2 saturated heterocycles. The second kappa shape index (κ2) is 6.45. The van der Waals surface area contributed by atoms with E-state index in [0.717, 1.165) is 37.2 Å². The van der Waals surface area contributed by atoms with Crippen molar-refractivity contribution >= 4 is 40.7 Å². The molecule has 6 heteroatoms. The van der Waals surface area contributed by atoms with Crippen molar-refractivity contribution < 1.29 is 9.53 Å². The Balaban J connectivity index is 1.77. The third kappa shape index (κ3) is 3.39. The van der Waals surface area contributed by atoms with Crippen molar-refractivity contribution in [2.24, 2.45) is 5.92 Å². The van der Waals surface area contributed by atoms with E-state index in [4.69, 9.17) is 27.9 Å². The molecule has 1 aromatic heterocycles. The van der Waals surface area contributed by atoms with E-state index in [1.54, 1.807) is 6.07 Å². The molecule has 2 aliphatic rings. The van der Waals surface area contributed by atoms with E-state index in [0.29, 0.717) is 22.3 Å². The fourth-order valence-corrected chi connectivity index (χ4v) is 4.84. The van der Waals surface area contributed by atoms with Crippen molar-refractivity contribution in [3.05, 3.63) is 28.0 Å². The first-order chi connectivity index (χ1) is 10.1. The number of ketones is 1. The molecule has 21 heavy (non-hydrogen) atoms. The summed E-state index contributed by atoms with van der Waals surface area (Å²) in [6.07, 6.45) is 5.07. The van der Waals surface area contributed by atoms with Crippen LogP contribution >= 0.6 is 35.0 Å². The minimum atomic E-state index is -0.108. The normalized spacial score (nSPS) is 25.0. The van der Waals surface area contributed by atoms with Crippen LogP contribution in [0.25, 0.3) is 0 Å². The molecule has 3 nitrogen and oxygen atoms in total. The molecule has 3 rings (SSSR count). The van der Waals surface area contributed by atoms with Crippen molar-refractivity contribution in [1.29, 1.82) is 0 Å². The highest BCUT2D eigenvalue weighted by molar-refractivity contribution is 7.99. The first-order valence-corrected chi connectivity index (χ1v) is 9.08. The Bertz CT molecular complexity index is 541. The van der Waals surface area contributed by atoms with Crippen LogP contribution in [-0.2, 0) is 4.74 Å². The fraction of sp³-hybridized carbons (Fsp3) is 0.600. The van der Waals surface area contributed by atoms with Crippen molar-refractivity contribution in [3.8, 4) is 0 Å². The predicted molar refractivity (Wildman–Crippen MR) is 86.6 cm³/mol. The minimum absolute atomic E-state index is 0.0255. The Labute approximate surface area is 138 Å². The van der Waals surface area contributed by atoms with Gasteiger partial charge in [-0.3, -0.25) is 4.79 Å². The molecular weight excluding hydrogens is 329 g/mol. The number of hydrogen-bond donors (Lipinski definition) is 0. The van der Waals surface area contributed by atoms with Gasteiger partial charge in [-0.05, 0) is 43.3 Å². The maximum atomic E-state index is 12.7. The van der Waals surface area contributed by atoms with Gasteiger partial charge in [-0.2, -0.15) is 11.8 Å². The number of hydrogen-bond acceptors (Lipinski definition) is 4. The fourth-order valence-electron chi connectivity index (χ4n) is 3.13. The van der Waals surface area contributed by atoms with Gasteiger partial charge in [0.05, 0.1) is 15.6 Å².